The average Bonchev–Trinajstić information content (AvgIpc) is 3.37. The zero-order valence-corrected chi connectivity index (χ0v) is 19.5. The van der Waals surface area contributed by atoms with E-state index in [1.807, 2.05) is 0 Å². The van der Waals surface area contributed by atoms with Crippen molar-refractivity contribution in [2.75, 3.05) is 6.61 Å². The van der Waals surface area contributed by atoms with E-state index in [2.05, 4.69) is 15.2 Å². The number of carboxylic acid groups (broad SMARTS) is 1. The number of H-pyrrole nitrogens is 1. The van der Waals surface area contributed by atoms with Crippen molar-refractivity contribution in [2.24, 2.45) is 11.8 Å². The van der Waals surface area contributed by atoms with Gasteiger partial charge in [-0.05, 0) is 24.6 Å². The van der Waals surface area contributed by atoms with Crippen LogP contribution < -0.4 is 0 Å². The summed E-state index contributed by atoms with van der Waals surface area (Å²) < 4.78 is 10.2. The van der Waals surface area contributed by atoms with Gasteiger partial charge < -0.3 is 19.5 Å². The molecule has 2 aliphatic heterocycles. The number of nitrogens with one attached hydrogen (secondary N) is 1. The van der Waals surface area contributed by atoms with Gasteiger partial charge in [-0.15, -0.1) is 5.10 Å². The summed E-state index contributed by atoms with van der Waals surface area (Å²) in [5, 5.41) is 27.4. The number of aromatic nitrogens is 3. The van der Waals surface area contributed by atoms with E-state index < -0.39 is 23.0 Å². The summed E-state index contributed by atoms with van der Waals surface area (Å²) in [6.45, 7) is 3.25. The molecule has 1 fully saturated rings. The SMILES string of the molecule is Cc1nc(SC2=C(C(=O)O)N3C(=O)[C@H](C(C)COC(=O)OCc4ccc([N+](=O)[O-])cc4)[C@H]3C2)n[nH]1. The van der Waals surface area contributed by atoms with Gasteiger partial charge in [0, 0.05) is 29.4 Å². The first-order valence-electron chi connectivity index (χ1n) is 10.5. The van der Waals surface area contributed by atoms with Crippen LogP contribution in [0, 0.1) is 28.9 Å². The number of aromatic amines is 1. The number of fused-ring (bicyclic) bond motifs is 1. The highest BCUT2D eigenvalue weighted by Crippen LogP contribution is 2.49. The molecule has 184 valence electrons. The number of nitro groups is 1. The van der Waals surface area contributed by atoms with Crippen LogP contribution in [0.25, 0.3) is 0 Å². The maximum atomic E-state index is 12.8. The van der Waals surface area contributed by atoms with Crippen LogP contribution in [0.2, 0.25) is 0 Å². The van der Waals surface area contributed by atoms with Gasteiger partial charge in [-0.1, -0.05) is 18.7 Å². The highest BCUT2D eigenvalue weighted by Gasteiger charge is 2.57. The number of carbonyl (C=O) groups excluding carboxylic acids is 2. The quantitative estimate of drug-likeness (QED) is 0.222. The molecule has 0 spiro atoms. The Morgan fingerprint density at radius 1 is 1.34 bits per heavy atom. The van der Waals surface area contributed by atoms with E-state index >= 15 is 0 Å². The third-order valence-electron chi connectivity index (χ3n) is 5.74. The molecule has 1 aromatic carbocycles. The highest BCUT2D eigenvalue weighted by molar-refractivity contribution is 8.03. The number of ether oxygens (including phenoxy) is 2. The van der Waals surface area contributed by atoms with Gasteiger partial charge in [0.05, 0.1) is 23.5 Å². The van der Waals surface area contributed by atoms with Gasteiger partial charge in [-0.25, -0.2) is 14.6 Å². The van der Waals surface area contributed by atoms with Crippen molar-refractivity contribution >= 4 is 35.5 Å². The number of aliphatic carboxylic acids is 1. The number of hydrogen-bond donors (Lipinski definition) is 2. The smallest absolute Gasteiger partial charge is 0.477 e. The number of nitrogens with zero attached hydrogens (tertiary/aromatic N) is 4. The molecule has 1 unspecified atom stereocenters. The Hall–Kier alpha value is -3.94. The normalized spacial score (nSPS) is 19.7. The van der Waals surface area contributed by atoms with E-state index in [0.717, 1.165) is 11.8 Å². The molecule has 13 nitrogen and oxygen atoms in total. The fourth-order valence-corrected chi connectivity index (χ4v) is 5.13. The van der Waals surface area contributed by atoms with Crippen LogP contribution in [0.1, 0.15) is 24.7 Å². The molecular formula is C21H21N5O8S. The van der Waals surface area contributed by atoms with Crippen molar-refractivity contribution in [3.05, 3.63) is 56.4 Å². The first-order chi connectivity index (χ1) is 16.7. The number of benzene rings is 1. The molecule has 0 saturated carbocycles. The van der Waals surface area contributed by atoms with Gasteiger partial charge in [0.2, 0.25) is 11.1 Å². The number of β-lactam (4-membered cyclic amide) rings is 1. The Labute approximate surface area is 202 Å². The van der Waals surface area contributed by atoms with Crippen LogP contribution in [0.3, 0.4) is 0 Å². The molecule has 2 N–H and O–H groups in total. The molecule has 3 atom stereocenters. The number of carboxylic acids is 1. The number of nitro benzene ring substituents is 1. The summed E-state index contributed by atoms with van der Waals surface area (Å²) >= 11 is 1.11. The number of carbonyl (C=O) groups is 3. The predicted octanol–water partition coefficient (Wildman–Crippen LogP) is 2.63. The van der Waals surface area contributed by atoms with Crippen molar-refractivity contribution in [2.45, 2.75) is 38.1 Å². The van der Waals surface area contributed by atoms with Gasteiger partial charge in [0.25, 0.3) is 5.69 Å². The molecule has 2 aliphatic rings. The molecule has 35 heavy (non-hydrogen) atoms. The second-order valence-corrected chi connectivity index (χ2v) is 9.20. The van der Waals surface area contributed by atoms with Crippen molar-refractivity contribution in [3.8, 4) is 0 Å². The molecule has 0 aliphatic carbocycles. The minimum absolute atomic E-state index is 0.0701. The Morgan fingerprint density at radius 2 is 2.06 bits per heavy atom. The van der Waals surface area contributed by atoms with Crippen LogP contribution in [-0.4, -0.2) is 60.8 Å². The van der Waals surface area contributed by atoms with Crippen LogP contribution in [0.5, 0.6) is 0 Å². The number of rotatable bonds is 9. The maximum Gasteiger partial charge on any atom is 0.508 e. The third-order valence-corrected chi connectivity index (χ3v) is 6.71. The second kappa shape index (κ2) is 9.74. The first kappa shape index (κ1) is 24.2. The largest absolute Gasteiger partial charge is 0.508 e. The van der Waals surface area contributed by atoms with E-state index in [4.69, 9.17) is 9.47 Å². The van der Waals surface area contributed by atoms with Crippen LogP contribution in [0.15, 0.2) is 40.0 Å². The number of aryl methyl sites for hydroxylation is 1. The Kier molecular flexibility index (Phi) is 6.73. The van der Waals surface area contributed by atoms with Crippen molar-refractivity contribution in [1.29, 1.82) is 0 Å². The fraction of sp³-hybridized carbons (Fsp3) is 0.381. The molecule has 0 bridgehead atoms. The lowest BCUT2D eigenvalue weighted by Gasteiger charge is -2.45. The minimum atomic E-state index is -1.20. The molecule has 2 aromatic rings. The van der Waals surface area contributed by atoms with Crippen LogP contribution >= 0.6 is 11.8 Å². The summed E-state index contributed by atoms with van der Waals surface area (Å²) in [6.07, 6.45) is -0.601. The highest BCUT2D eigenvalue weighted by atomic mass is 32.2. The second-order valence-electron chi connectivity index (χ2n) is 8.14. The van der Waals surface area contributed by atoms with Crippen LogP contribution in [0.4, 0.5) is 10.5 Å². The number of amides is 1. The van der Waals surface area contributed by atoms with E-state index in [1.54, 1.807) is 13.8 Å². The van der Waals surface area contributed by atoms with E-state index in [0.29, 0.717) is 27.9 Å². The predicted molar refractivity (Wildman–Crippen MR) is 119 cm³/mol. The lowest BCUT2D eigenvalue weighted by atomic mass is 9.78. The van der Waals surface area contributed by atoms with Crippen LogP contribution in [-0.2, 0) is 25.7 Å². The Bertz CT molecular complexity index is 1210. The zero-order chi connectivity index (χ0) is 25.3. The molecule has 14 heteroatoms. The summed E-state index contributed by atoms with van der Waals surface area (Å²) in [5.41, 5.74) is 0.406. The number of thioether (sulfide) groups is 1. The Balaban J connectivity index is 1.30. The molecule has 3 heterocycles. The third kappa shape index (κ3) is 4.96. The lowest BCUT2D eigenvalue weighted by Crippen LogP contribution is -2.61. The Morgan fingerprint density at radius 3 is 2.66 bits per heavy atom. The van der Waals surface area contributed by atoms with Gasteiger partial charge in [-0.2, -0.15) is 0 Å². The summed E-state index contributed by atoms with van der Waals surface area (Å²) in [6, 6.07) is 5.19. The number of non-ortho nitro benzene ring substituents is 1. The van der Waals surface area contributed by atoms with Crippen molar-refractivity contribution in [1.82, 2.24) is 20.1 Å². The maximum absolute atomic E-state index is 12.8. The molecular weight excluding hydrogens is 482 g/mol. The number of hydrogen-bond acceptors (Lipinski definition) is 10. The van der Waals surface area contributed by atoms with Crippen molar-refractivity contribution in [3.63, 3.8) is 0 Å². The van der Waals surface area contributed by atoms with E-state index in [1.165, 1.54) is 29.2 Å². The lowest BCUT2D eigenvalue weighted by molar-refractivity contribution is -0.384. The topological polar surface area (TPSA) is 178 Å². The molecule has 0 radical (unpaired) electrons. The first-order valence-corrected chi connectivity index (χ1v) is 11.4. The zero-order valence-electron chi connectivity index (χ0n) is 18.7. The fourth-order valence-electron chi connectivity index (χ4n) is 4.10. The van der Waals surface area contributed by atoms with Gasteiger partial charge in [-0.3, -0.25) is 20.0 Å². The minimum Gasteiger partial charge on any atom is -0.477 e. The average molecular weight is 503 g/mol. The standard InChI is InChI=1S/C21H21N5O8S/c1-10(8-33-21(30)34-9-12-3-5-13(6-4-12)26(31)32)16-14-7-15(35-20-22-11(2)23-24-20)17(19(28)29)25(14)18(16)27/h3-6,10,14,16H,7-9H2,1-2H3,(H,28,29)(H,22,23,24)/t10?,14-,16-/m1/s1. The summed E-state index contributed by atoms with van der Waals surface area (Å²) in [4.78, 5) is 52.7. The monoisotopic (exact) mass is 503 g/mol. The molecule has 1 amide bonds. The molecule has 4 rings (SSSR count). The summed E-state index contributed by atoms with van der Waals surface area (Å²) in [7, 11) is 0. The van der Waals surface area contributed by atoms with E-state index in [9.17, 15) is 29.6 Å². The van der Waals surface area contributed by atoms with Gasteiger partial charge in [0.15, 0.2) is 0 Å². The summed E-state index contributed by atoms with van der Waals surface area (Å²) in [5.74, 6) is -1.84. The van der Waals surface area contributed by atoms with E-state index in [-0.39, 0.29) is 42.5 Å². The van der Waals surface area contributed by atoms with Gasteiger partial charge >= 0.3 is 12.1 Å². The van der Waals surface area contributed by atoms with Crippen molar-refractivity contribution < 1.29 is 33.9 Å². The molecule has 1 saturated heterocycles. The molecule has 1 aromatic heterocycles. The van der Waals surface area contributed by atoms with Gasteiger partial charge in [0.1, 0.15) is 18.1 Å².